The fourth-order valence-corrected chi connectivity index (χ4v) is 4.26. The van der Waals surface area contributed by atoms with Crippen molar-refractivity contribution in [1.82, 2.24) is 0 Å². The quantitative estimate of drug-likeness (QED) is 0.643. The van der Waals surface area contributed by atoms with Crippen LogP contribution in [0.15, 0.2) is 12.2 Å². The zero-order valence-corrected chi connectivity index (χ0v) is 10.7. The highest BCUT2D eigenvalue weighted by molar-refractivity contribution is 5.97. The van der Waals surface area contributed by atoms with Crippen molar-refractivity contribution in [3.8, 4) is 0 Å². The molecule has 2 saturated carbocycles. The summed E-state index contributed by atoms with van der Waals surface area (Å²) in [6.45, 7) is 4.50. The maximum atomic E-state index is 12.7. The van der Waals surface area contributed by atoms with Crippen LogP contribution in [0.5, 0.6) is 0 Å². The van der Waals surface area contributed by atoms with Crippen molar-refractivity contribution < 1.29 is 9.59 Å². The molecule has 0 aliphatic heterocycles. The average molecular weight is 232 g/mol. The number of rotatable bonds is 0. The van der Waals surface area contributed by atoms with Crippen LogP contribution in [0.4, 0.5) is 0 Å². The molecule has 2 fully saturated rings. The Hall–Kier alpha value is -0.920. The summed E-state index contributed by atoms with van der Waals surface area (Å²) in [5, 5.41) is 0. The SMILES string of the molecule is CC1(C)C2CCC1C(=O)[C@@]1(C=CC(=O)CC1)C2. The lowest BCUT2D eigenvalue weighted by atomic mass is 9.55. The summed E-state index contributed by atoms with van der Waals surface area (Å²) in [5.41, 5.74) is -0.104. The molecule has 3 aliphatic rings. The third-order valence-electron chi connectivity index (χ3n) is 5.58. The summed E-state index contributed by atoms with van der Waals surface area (Å²) >= 11 is 0. The average Bonchev–Trinajstić information content (AvgIpc) is 2.47. The van der Waals surface area contributed by atoms with Gasteiger partial charge in [0, 0.05) is 17.8 Å². The Bertz CT molecular complexity index is 419. The van der Waals surface area contributed by atoms with Gasteiger partial charge in [0.1, 0.15) is 5.78 Å². The Morgan fingerprint density at radius 2 is 2.00 bits per heavy atom. The lowest BCUT2D eigenvalue weighted by molar-refractivity contribution is -0.140. The van der Waals surface area contributed by atoms with Crippen molar-refractivity contribution in [3.05, 3.63) is 12.2 Å². The van der Waals surface area contributed by atoms with E-state index in [4.69, 9.17) is 0 Å². The van der Waals surface area contributed by atoms with E-state index in [1.807, 2.05) is 6.08 Å². The molecule has 0 saturated heterocycles. The standard InChI is InChI=1S/C15H20O2/c1-14(2)10-3-4-12(14)13(17)15(9-10)7-5-11(16)6-8-15/h5,7,10,12H,3-4,6,8-9H2,1-2H3/t10?,12?,15-/m1/s1. The second kappa shape index (κ2) is 3.30. The van der Waals surface area contributed by atoms with E-state index >= 15 is 0 Å². The summed E-state index contributed by atoms with van der Waals surface area (Å²) in [6, 6.07) is 0. The highest BCUT2D eigenvalue weighted by Gasteiger charge is 2.58. The molecular weight excluding hydrogens is 212 g/mol. The Balaban J connectivity index is 1.99. The van der Waals surface area contributed by atoms with Crippen molar-refractivity contribution in [2.75, 3.05) is 0 Å². The molecule has 1 spiro atoms. The van der Waals surface area contributed by atoms with Crippen molar-refractivity contribution >= 4 is 11.6 Å². The van der Waals surface area contributed by atoms with Gasteiger partial charge < -0.3 is 0 Å². The minimum absolute atomic E-state index is 0.178. The lowest BCUT2D eigenvalue weighted by Gasteiger charge is -2.47. The molecule has 0 N–H and O–H groups in total. The molecule has 3 aliphatic carbocycles. The van der Waals surface area contributed by atoms with E-state index in [1.54, 1.807) is 6.08 Å². The first-order valence-corrected chi connectivity index (χ1v) is 6.72. The number of hydrogen-bond donors (Lipinski definition) is 0. The Kier molecular flexibility index (Phi) is 2.17. The zero-order valence-electron chi connectivity index (χ0n) is 10.7. The molecule has 0 amide bonds. The molecule has 0 aromatic heterocycles. The van der Waals surface area contributed by atoms with Crippen LogP contribution in [-0.2, 0) is 9.59 Å². The van der Waals surface area contributed by atoms with Gasteiger partial charge in [-0.3, -0.25) is 9.59 Å². The molecule has 2 unspecified atom stereocenters. The second-order valence-corrected chi connectivity index (χ2v) is 6.67. The first kappa shape index (κ1) is 11.2. The number of ketones is 2. The summed E-state index contributed by atoms with van der Waals surface area (Å²) in [7, 11) is 0. The molecule has 0 heterocycles. The van der Waals surface area contributed by atoms with Gasteiger partial charge in [-0.2, -0.15) is 0 Å². The van der Waals surface area contributed by atoms with Gasteiger partial charge in [-0.05, 0) is 43.1 Å². The summed E-state index contributed by atoms with van der Waals surface area (Å²) in [6.07, 6.45) is 8.11. The van der Waals surface area contributed by atoms with Crippen molar-refractivity contribution in [2.45, 2.75) is 46.0 Å². The second-order valence-electron chi connectivity index (χ2n) is 6.67. The highest BCUT2D eigenvalue weighted by atomic mass is 16.1. The number of Topliss-reactive ketones (excluding diaryl/α,β-unsaturated/α-hetero) is 1. The molecule has 2 nitrogen and oxygen atoms in total. The van der Waals surface area contributed by atoms with Gasteiger partial charge in [-0.15, -0.1) is 0 Å². The number of allylic oxidation sites excluding steroid dienone is 2. The zero-order chi connectivity index (χ0) is 12.3. The van der Waals surface area contributed by atoms with Crippen LogP contribution in [0.25, 0.3) is 0 Å². The maximum absolute atomic E-state index is 12.7. The van der Waals surface area contributed by atoms with Crippen LogP contribution in [0, 0.1) is 22.7 Å². The predicted molar refractivity (Wildman–Crippen MR) is 65.4 cm³/mol. The molecule has 0 aromatic rings. The molecule has 3 rings (SSSR count). The van der Waals surface area contributed by atoms with Gasteiger partial charge in [0.05, 0.1) is 0 Å². The molecule has 2 bridgehead atoms. The van der Waals surface area contributed by atoms with Crippen LogP contribution in [0.1, 0.15) is 46.0 Å². The molecular formula is C15H20O2. The first-order chi connectivity index (χ1) is 7.96. The fraction of sp³-hybridized carbons (Fsp3) is 0.733. The van der Waals surface area contributed by atoms with Gasteiger partial charge in [-0.1, -0.05) is 19.9 Å². The molecule has 0 aromatic carbocycles. The number of hydrogen-bond acceptors (Lipinski definition) is 2. The number of carbonyl (C=O) groups is 2. The van der Waals surface area contributed by atoms with Crippen LogP contribution < -0.4 is 0 Å². The van der Waals surface area contributed by atoms with Crippen LogP contribution in [-0.4, -0.2) is 11.6 Å². The Morgan fingerprint density at radius 1 is 1.24 bits per heavy atom. The van der Waals surface area contributed by atoms with E-state index in [9.17, 15) is 9.59 Å². The third-order valence-corrected chi connectivity index (χ3v) is 5.58. The predicted octanol–water partition coefficient (Wildman–Crippen LogP) is 2.92. The van der Waals surface area contributed by atoms with Crippen molar-refractivity contribution in [1.29, 1.82) is 0 Å². The van der Waals surface area contributed by atoms with Gasteiger partial charge >= 0.3 is 0 Å². The summed E-state index contributed by atoms with van der Waals surface area (Å²) in [4.78, 5) is 24.0. The number of carbonyl (C=O) groups excluding carboxylic acids is 2. The largest absolute Gasteiger partial charge is 0.298 e. The van der Waals surface area contributed by atoms with Gasteiger partial charge in [0.2, 0.25) is 0 Å². The monoisotopic (exact) mass is 232 g/mol. The minimum Gasteiger partial charge on any atom is -0.298 e. The van der Waals surface area contributed by atoms with Crippen molar-refractivity contribution in [2.24, 2.45) is 22.7 Å². The van der Waals surface area contributed by atoms with Crippen LogP contribution >= 0.6 is 0 Å². The Morgan fingerprint density at radius 3 is 2.65 bits per heavy atom. The summed E-state index contributed by atoms with van der Waals surface area (Å²) in [5.74, 6) is 1.47. The van der Waals surface area contributed by atoms with E-state index < -0.39 is 0 Å². The van der Waals surface area contributed by atoms with E-state index in [0.29, 0.717) is 18.1 Å². The molecule has 17 heavy (non-hydrogen) atoms. The normalized spacial score (nSPS) is 43.4. The van der Waals surface area contributed by atoms with Gasteiger partial charge in [0.25, 0.3) is 0 Å². The third kappa shape index (κ3) is 1.39. The van der Waals surface area contributed by atoms with E-state index in [2.05, 4.69) is 13.8 Å². The van der Waals surface area contributed by atoms with Gasteiger partial charge in [0.15, 0.2) is 5.78 Å². The molecule has 3 atom stereocenters. The Labute approximate surface area is 102 Å². The lowest BCUT2D eigenvalue weighted by Crippen LogP contribution is -2.48. The highest BCUT2D eigenvalue weighted by Crippen LogP contribution is 2.60. The van der Waals surface area contributed by atoms with Crippen molar-refractivity contribution in [3.63, 3.8) is 0 Å². The number of fused-ring (bicyclic) bond motifs is 2. The van der Waals surface area contributed by atoms with E-state index in [1.165, 1.54) is 6.42 Å². The fourth-order valence-electron chi connectivity index (χ4n) is 4.26. The smallest absolute Gasteiger partial charge is 0.155 e. The van der Waals surface area contributed by atoms with Crippen LogP contribution in [0.2, 0.25) is 0 Å². The topological polar surface area (TPSA) is 34.1 Å². The first-order valence-electron chi connectivity index (χ1n) is 6.72. The maximum Gasteiger partial charge on any atom is 0.155 e. The minimum atomic E-state index is -0.282. The van der Waals surface area contributed by atoms with E-state index in [0.717, 1.165) is 19.3 Å². The summed E-state index contributed by atoms with van der Waals surface area (Å²) < 4.78 is 0. The van der Waals surface area contributed by atoms with Crippen LogP contribution in [0.3, 0.4) is 0 Å². The molecule has 92 valence electrons. The molecule has 2 heteroatoms. The van der Waals surface area contributed by atoms with Gasteiger partial charge in [-0.25, -0.2) is 0 Å². The van der Waals surface area contributed by atoms with E-state index in [-0.39, 0.29) is 22.5 Å². The molecule has 0 radical (unpaired) electrons.